The molecular weight excluding hydrogens is 713 g/mol. The molecule has 1 aliphatic carbocycles. The number of carbonyl (C=O) groups is 2. The lowest BCUT2D eigenvalue weighted by Gasteiger charge is -2.34. The van der Waals surface area contributed by atoms with Gasteiger partial charge in [0, 0.05) is 39.5 Å². The Bertz CT molecular complexity index is 1830. The third-order valence-electron chi connectivity index (χ3n) is 8.72. The molecule has 0 saturated heterocycles. The van der Waals surface area contributed by atoms with E-state index in [0.717, 1.165) is 40.4 Å². The van der Waals surface area contributed by atoms with Crippen LogP contribution in [0.5, 0.6) is 5.75 Å². The molecule has 1 aliphatic rings. The number of amides is 2. The Kier molecular flexibility index (Phi) is 13.1. The number of halogens is 2. The van der Waals surface area contributed by atoms with E-state index >= 15 is 0 Å². The van der Waals surface area contributed by atoms with Crippen molar-refractivity contribution in [3.05, 3.63) is 118 Å². The number of anilines is 1. The van der Waals surface area contributed by atoms with Gasteiger partial charge in [0.25, 0.3) is 10.0 Å². The Morgan fingerprint density at radius 3 is 2.14 bits per heavy atom. The number of thioether (sulfide) groups is 1. The molecule has 0 aromatic heterocycles. The van der Waals surface area contributed by atoms with Gasteiger partial charge >= 0.3 is 0 Å². The molecule has 0 bridgehead atoms. The van der Waals surface area contributed by atoms with Crippen LogP contribution in [0, 0.1) is 0 Å². The standard InChI is InChI=1S/C38H41Cl2N3O5S2/c1-3-48-30-18-16-29(17-19-30)43(50(46,47)32-22-20-31(49-2)21-23-32)26-37(44)42(25-33-34(39)14-9-15-35(33)40)36(24-27-10-5-4-6-11-27)38(45)41-28-12-7-8-13-28/h4-6,9-11,14-23,28,36H,3,7-8,12-13,24-26H2,1-2H3,(H,41,45). The normalized spacial score (nSPS) is 13.8. The van der Waals surface area contributed by atoms with Crippen LogP contribution in [-0.4, -0.2) is 56.6 Å². The maximum Gasteiger partial charge on any atom is 0.264 e. The highest BCUT2D eigenvalue weighted by Gasteiger charge is 2.36. The molecule has 1 N–H and O–H groups in total. The molecule has 1 atom stereocenters. The fourth-order valence-electron chi connectivity index (χ4n) is 6.05. The van der Waals surface area contributed by atoms with E-state index < -0.39 is 28.5 Å². The van der Waals surface area contributed by atoms with Crippen molar-refractivity contribution in [1.82, 2.24) is 10.2 Å². The maximum atomic E-state index is 14.8. The highest BCUT2D eigenvalue weighted by Crippen LogP contribution is 2.31. The third kappa shape index (κ3) is 9.34. The summed E-state index contributed by atoms with van der Waals surface area (Å²) in [5.41, 5.74) is 1.56. The minimum atomic E-state index is -4.26. The van der Waals surface area contributed by atoms with E-state index in [0.29, 0.717) is 28.0 Å². The number of sulfonamides is 1. The smallest absolute Gasteiger partial charge is 0.264 e. The van der Waals surface area contributed by atoms with E-state index in [-0.39, 0.29) is 35.5 Å². The fourth-order valence-corrected chi connectivity index (χ4v) is 8.39. The maximum absolute atomic E-state index is 14.8. The Morgan fingerprint density at radius 2 is 1.54 bits per heavy atom. The third-order valence-corrected chi connectivity index (χ3v) is 12.0. The molecule has 5 rings (SSSR count). The summed E-state index contributed by atoms with van der Waals surface area (Å²) in [4.78, 5) is 31.4. The predicted octanol–water partition coefficient (Wildman–Crippen LogP) is 8.01. The number of nitrogens with one attached hydrogen (secondary N) is 1. The van der Waals surface area contributed by atoms with E-state index in [1.165, 1.54) is 28.8 Å². The van der Waals surface area contributed by atoms with E-state index in [1.54, 1.807) is 54.6 Å². The number of nitrogens with zero attached hydrogens (tertiary/aromatic N) is 2. The van der Waals surface area contributed by atoms with Crippen molar-refractivity contribution >= 4 is 62.5 Å². The summed E-state index contributed by atoms with van der Waals surface area (Å²) in [5.74, 6) is -0.354. The van der Waals surface area contributed by atoms with Gasteiger partial charge in [-0.1, -0.05) is 72.4 Å². The van der Waals surface area contributed by atoms with Gasteiger partial charge < -0.3 is 15.0 Å². The molecule has 264 valence electrons. The first kappa shape index (κ1) is 37.6. The summed E-state index contributed by atoms with van der Waals surface area (Å²) in [7, 11) is -4.26. The zero-order chi connectivity index (χ0) is 35.7. The minimum absolute atomic E-state index is 0.00777. The molecule has 0 aliphatic heterocycles. The van der Waals surface area contributed by atoms with Crippen LogP contribution in [0.4, 0.5) is 5.69 Å². The molecule has 4 aromatic carbocycles. The summed E-state index contributed by atoms with van der Waals surface area (Å²) in [6.45, 7) is 1.58. The Morgan fingerprint density at radius 1 is 0.900 bits per heavy atom. The van der Waals surface area contributed by atoms with Crippen LogP contribution < -0.4 is 14.4 Å². The Labute approximate surface area is 309 Å². The highest BCUT2D eigenvalue weighted by molar-refractivity contribution is 7.98. The summed E-state index contributed by atoms with van der Waals surface area (Å²) in [6, 6.07) is 26.5. The van der Waals surface area contributed by atoms with Gasteiger partial charge in [-0.3, -0.25) is 13.9 Å². The second-order valence-electron chi connectivity index (χ2n) is 12.0. The monoisotopic (exact) mass is 753 g/mol. The van der Waals surface area contributed by atoms with Crippen LogP contribution in [-0.2, 0) is 32.6 Å². The van der Waals surface area contributed by atoms with Crippen LogP contribution in [0.25, 0.3) is 0 Å². The van der Waals surface area contributed by atoms with Gasteiger partial charge in [-0.05, 0) is 92.2 Å². The van der Waals surface area contributed by atoms with Crippen LogP contribution in [0.1, 0.15) is 43.7 Å². The zero-order valence-corrected chi connectivity index (χ0v) is 31.2. The first-order valence-corrected chi connectivity index (χ1v) is 20.0. The van der Waals surface area contributed by atoms with Gasteiger partial charge in [-0.2, -0.15) is 0 Å². The molecule has 4 aromatic rings. The summed E-state index contributed by atoms with van der Waals surface area (Å²) in [6.07, 6.45) is 5.83. The lowest BCUT2D eigenvalue weighted by molar-refractivity contribution is -0.140. The largest absolute Gasteiger partial charge is 0.494 e. The second-order valence-corrected chi connectivity index (χ2v) is 15.6. The molecule has 50 heavy (non-hydrogen) atoms. The van der Waals surface area contributed by atoms with Crippen molar-refractivity contribution in [1.29, 1.82) is 0 Å². The second kappa shape index (κ2) is 17.5. The van der Waals surface area contributed by atoms with Gasteiger partial charge in [-0.25, -0.2) is 8.42 Å². The van der Waals surface area contributed by atoms with Gasteiger partial charge in [0.2, 0.25) is 11.8 Å². The average molecular weight is 755 g/mol. The van der Waals surface area contributed by atoms with Crippen molar-refractivity contribution in [3.63, 3.8) is 0 Å². The summed E-state index contributed by atoms with van der Waals surface area (Å²) < 4.78 is 35.5. The number of hydrogen-bond acceptors (Lipinski definition) is 6. The number of benzene rings is 4. The number of ether oxygens (including phenoxy) is 1. The molecule has 1 saturated carbocycles. The lowest BCUT2D eigenvalue weighted by atomic mass is 10.0. The summed E-state index contributed by atoms with van der Waals surface area (Å²) in [5, 5.41) is 3.83. The molecule has 0 radical (unpaired) electrons. The van der Waals surface area contributed by atoms with Crippen molar-refractivity contribution in [2.75, 3.05) is 23.7 Å². The van der Waals surface area contributed by atoms with Crippen LogP contribution in [0.2, 0.25) is 10.0 Å². The quantitative estimate of drug-likeness (QED) is 0.124. The van der Waals surface area contributed by atoms with Crippen LogP contribution >= 0.6 is 35.0 Å². The van der Waals surface area contributed by atoms with Gasteiger partial charge in [0.1, 0.15) is 18.3 Å². The molecule has 8 nitrogen and oxygen atoms in total. The summed E-state index contributed by atoms with van der Waals surface area (Å²) >= 11 is 14.8. The van der Waals surface area contributed by atoms with Crippen LogP contribution in [0.15, 0.2) is 107 Å². The zero-order valence-electron chi connectivity index (χ0n) is 28.1. The average Bonchev–Trinajstić information content (AvgIpc) is 3.63. The van der Waals surface area contributed by atoms with E-state index in [1.807, 2.05) is 43.5 Å². The topological polar surface area (TPSA) is 96.0 Å². The molecule has 12 heteroatoms. The fraction of sp³-hybridized carbons (Fsp3) is 0.316. The van der Waals surface area contributed by atoms with Gasteiger partial charge in [-0.15, -0.1) is 11.8 Å². The van der Waals surface area contributed by atoms with Crippen LogP contribution in [0.3, 0.4) is 0 Å². The molecule has 2 amide bonds. The molecular formula is C38H41Cl2N3O5S2. The molecule has 1 unspecified atom stereocenters. The van der Waals surface area contributed by atoms with Gasteiger partial charge in [0.05, 0.1) is 17.2 Å². The van der Waals surface area contributed by atoms with Crippen molar-refractivity contribution in [2.24, 2.45) is 0 Å². The lowest BCUT2D eigenvalue weighted by Crippen LogP contribution is -2.54. The first-order valence-electron chi connectivity index (χ1n) is 16.6. The Balaban J connectivity index is 1.59. The highest BCUT2D eigenvalue weighted by atomic mass is 35.5. The first-order chi connectivity index (χ1) is 24.1. The minimum Gasteiger partial charge on any atom is -0.494 e. The SMILES string of the molecule is CCOc1ccc(N(CC(=O)N(Cc2c(Cl)cccc2Cl)C(Cc2ccccc2)C(=O)NC2CCCC2)S(=O)(=O)c2ccc(SC)cc2)cc1. The van der Waals surface area contributed by atoms with E-state index in [9.17, 15) is 18.0 Å². The molecule has 0 spiro atoms. The molecule has 1 fully saturated rings. The number of carbonyl (C=O) groups excluding carboxylic acids is 2. The number of hydrogen-bond donors (Lipinski definition) is 1. The van der Waals surface area contributed by atoms with E-state index in [2.05, 4.69) is 5.32 Å². The van der Waals surface area contributed by atoms with E-state index in [4.69, 9.17) is 27.9 Å². The molecule has 0 heterocycles. The Hall–Kier alpha value is -3.70. The van der Waals surface area contributed by atoms with Gasteiger partial charge in [0.15, 0.2) is 0 Å². The van der Waals surface area contributed by atoms with Crippen molar-refractivity contribution < 1.29 is 22.7 Å². The van der Waals surface area contributed by atoms with Crippen molar-refractivity contribution in [2.45, 2.75) is 67.4 Å². The number of rotatable bonds is 15. The van der Waals surface area contributed by atoms with Crippen molar-refractivity contribution in [3.8, 4) is 5.75 Å². The predicted molar refractivity (Wildman–Crippen MR) is 202 cm³/mol.